The quantitative estimate of drug-likeness (QED) is 0.544. The Balaban J connectivity index is 2.91. The van der Waals surface area contributed by atoms with Crippen molar-refractivity contribution in [2.24, 2.45) is 33.1 Å². The molecule has 0 aliphatic rings. The van der Waals surface area contributed by atoms with Gasteiger partial charge in [-0.1, -0.05) is 26.0 Å². The third kappa shape index (κ3) is 4.73. The number of benzene rings is 1. The van der Waals surface area contributed by atoms with Crippen molar-refractivity contribution < 1.29 is 4.74 Å². The lowest BCUT2D eigenvalue weighted by atomic mass is 10.2. The van der Waals surface area contributed by atoms with E-state index in [0.29, 0.717) is 24.0 Å². The van der Waals surface area contributed by atoms with Gasteiger partial charge < -0.3 is 21.9 Å². The number of ether oxygens (including phenoxy) is 1. The molecule has 1 aromatic rings. The summed E-state index contributed by atoms with van der Waals surface area (Å²) in [5.74, 6) is 0.949. The van der Waals surface area contributed by atoms with Crippen LogP contribution >= 0.6 is 0 Å². The minimum absolute atomic E-state index is 0.00408. The van der Waals surface area contributed by atoms with Crippen LogP contribution < -0.4 is 21.9 Å². The van der Waals surface area contributed by atoms with Crippen LogP contribution in [0.4, 0.5) is 5.69 Å². The Bertz CT molecular complexity index is 450. The van der Waals surface area contributed by atoms with Crippen LogP contribution in [0.25, 0.3) is 0 Å². The van der Waals surface area contributed by atoms with E-state index in [9.17, 15) is 0 Å². The molecule has 0 amide bonds. The molecular weight excluding hydrogens is 230 g/mol. The molecule has 1 rings (SSSR count). The van der Waals surface area contributed by atoms with Crippen LogP contribution in [0.5, 0.6) is 5.75 Å². The summed E-state index contributed by atoms with van der Waals surface area (Å²) in [4.78, 5) is 7.75. The minimum Gasteiger partial charge on any atom is -0.491 e. The molecule has 0 bridgehead atoms. The molecule has 0 radical (unpaired) electrons. The van der Waals surface area contributed by atoms with Crippen LogP contribution in [0.1, 0.15) is 13.8 Å². The SMILES string of the molecule is CC(C)COc1ccccc1N=C(N)N=C(N)N. The normalized spacial score (nSPS) is 11.4. The summed E-state index contributed by atoms with van der Waals surface area (Å²) in [7, 11) is 0. The number of nitrogens with two attached hydrogens (primary N) is 3. The summed E-state index contributed by atoms with van der Waals surface area (Å²) >= 11 is 0. The van der Waals surface area contributed by atoms with E-state index >= 15 is 0 Å². The fourth-order valence-electron chi connectivity index (χ4n) is 1.21. The maximum atomic E-state index is 5.63. The molecule has 6 N–H and O–H groups in total. The second-order valence-electron chi connectivity index (χ2n) is 4.18. The molecule has 1 aromatic carbocycles. The zero-order chi connectivity index (χ0) is 13.5. The lowest BCUT2D eigenvalue weighted by Gasteiger charge is -2.10. The summed E-state index contributed by atoms with van der Waals surface area (Å²) in [5, 5.41) is 0. The largest absolute Gasteiger partial charge is 0.491 e. The van der Waals surface area contributed by atoms with Crippen molar-refractivity contribution in [2.45, 2.75) is 13.8 Å². The van der Waals surface area contributed by atoms with E-state index in [1.54, 1.807) is 6.07 Å². The maximum absolute atomic E-state index is 5.63. The van der Waals surface area contributed by atoms with Gasteiger partial charge in [-0.15, -0.1) is 0 Å². The Morgan fingerprint density at radius 3 is 2.50 bits per heavy atom. The van der Waals surface area contributed by atoms with Gasteiger partial charge in [-0.05, 0) is 18.1 Å². The highest BCUT2D eigenvalue weighted by atomic mass is 16.5. The average Bonchev–Trinajstić information content (AvgIpc) is 2.26. The fourth-order valence-corrected chi connectivity index (χ4v) is 1.21. The fraction of sp³-hybridized carbons (Fsp3) is 0.333. The first-order valence-corrected chi connectivity index (χ1v) is 5.64. The molecule has 0 spiro atoms. The van der Waals surface area contributed by atoms with Gasteiger partial charge in [-0.25, -0.2) is 4.99 Å². The highest BCUT2D eigenvalue weighted by molar-refractivity contribution is 5.93. The van der Waals surface area contributed by atoms with Crippen LogP contribution in [0.15, 0.2) is 34.3 Å². The van der Waals surface area contributed by atoms with E-state index in [1.807, 2.05) is 18.2 Å². The first kappa shape index (κ1) is 13.8. The van der Waals surface area contributed by atoms with Crippen molar-refractivity contribution in [3.8, 4) is 5.75 Å². The van der Waals surface area contributed by atoms with E-state index < -0.39 is 0 Å². The molecule has 0 unspecified atom stereocenters. The lowest BCUT2D eigenvalue weighted by molar-refractivity contribution is 0.272. The highest BCUT2D eigenvalue weighted by Crippen LogP contribution is 2.27. The van der Waals surface area contributed by atoms with Crippen molar-refractivity contribution in [2.75, 3.05) is 6.61 Å². The van der Waals surface area contributed by atoms with Crippen molar-refractivity contribution in [1.29, 1.82) is 0 Å². The molecule has 0 fully saturated rings. The molecular formula is C12H19N5O. The zero-order valence-electron chi connectivity index (χ0n) is 10.6. The van der Waals surface area contributed by atoms with E-state index in [-0.39, 0.29) is 11.9 Å². The summed E-state index contributed by atoms with van der Waals surface area (Å²) in [6.45, 7) is 4.74. The van der Waals surface area contributed by atoms with Crippen molar-refractivity contribution in [3.05, 3.63) is 24.3 Å². The molecule has 0 heterocycles. The van der Waals surface area contributed by atoms with E-state index in [4.69, 9.17) is 21.9 Å². The van der Waals surface area contributed by atoms with E-state index in [0.717, 1.165) is 0 Å². The second kappa shape index (κ2) is 6.48. The van der Waals surface area contributed by atoms with Crippen LogP contribution in [0.2, 0.25) is 0 Å². The van der Waals surface area contributed by atoms with Crippen LogP contribution in [0.3, 0.4) is 0 Å². The predicted octanol–water partition coefficient (Wildman–Crippen LogP) is 0.941. The first-order valence-electron chi connectivity index (χ1n) is 5.64. The van der Waals surface area contributed by atoms with Gasteiger partial charge in [0.15, 0.2) is 5.96 Å². The summed E-state index contributed by atoms with van der Waals surface area (Å²) in [6.07, 6.45) is 0. The predicted molar refractivity (Wildman–Crippen MR) is 73.9 cm³/mol. The van der Waals surface area contributed by atoms with Crippen molar-refractivity contribution in [3.63, 3.8) is 0 Å². The standard InChI is InChI=1S/C12H19N5O/c1-8(2)7-18-10-6-4-3-5-9(10)16-12(15)17-11(13)14/h3-6,8H,7H2,1-2H3,(H6,13,14,15,16,17). The number of hydrogen-bond donors (Lipinski definition) is 3. The maximum Gasteiger partial charge on any atom is 0.223 e. The van der Waals surface area contributed by atoms with Gasteiger partial charge in [0.05, 0.1) is 6.61 Å². The van der Waals surface area contributed by atoms with Crippen molar-refractivity contribution >= 4 is 17.6 Å². The molecule has 0 atom stereocenters. The number of nitrogens with zero attached hydrogens (tertiary/aromatic N) is 2. The number of guanidine groups is 2. The smallest absolute Gasteiger partial charge is 0.223 e. The Labute approximate surface area is 107 Å². The van der Waals surface area contributed by atoms with Crippen LogP contribution in [0, 0.1) is 5.92 Å². The highest BCUT2D eigenvalue weighted by Gasteiger charge is 2.03. The Hall–Kier alpha value is -2.24. The molecule has 0 aliphatic heterocycles. The van der Waals surface area contributed by atoms with Crippen molar-refractivity contribution in [1.82, 2.24) is 0 Å². The third-order valence-corrected chi connectivity index (χ3v) is 1.92. The third-order valence-electron chi connectivity index (χ3n) is 1.92. The topological polar surface area (TPSA) is 112 Å². The summed E-state index contributed by atoms with van der Waals surface area (Å²) < 4.78 is 5.63. The van der Waals surface area contributed by atoms with Gasteiger partial charge >= 0.3 is 0 Å². The molecule has 6 nitrogen and oxygen atoms in total. The number of hydrogen-bond acceptors (Lipinski definition) is 2. The minimum atomic E-state index is -0.128. The lowest BCUT2D eigenvalue weighted by Crippen LogP contribution is -2.26. The molecule has 0 aliphatic carbocycles. The first-order chi connectivity index (χ1) is 8.49. The Kier molecular flexibility index (Phi) is 4.98. The number of para-hydroxylation sites is 2. The number of rotatable bonds is 4. The molecule has 18 heavy (non-hydrogen) atoms. The van der Waals surface area contributed by atoms with Gasteiger partial charge in [0.25, 0.3) is 0 Å². The van der Waals surface area contributed by atoms with Gasteiger partial charge in [0.1, 0.15) is 11.4 Å². The van der Waals surface area contributed by atoms with Crippen LogP contribution in [-0.4, -0.2) is 18.5 Å². The molecule has 6 heteroatoms. The van der Waals surface area contributed by atoms with Crippen LogP contribution in [-0.2, 0) is 0 Å². The Morgan fingerprint density at radius 1 is 1.22 bits per heavy atom. The second-order valence-corrected chi connectivity index (χ2v) is 4.18. The molecule has 0 aromatic heterocycles. The van der Waals surface area contributed by atoms with E-state index in [2.05, 4.69) is 23.8 Å². The molecule has 0 saturated carbocycles. The van der Waals surface area contributed by atoms with Gasteiger partial charge in [0, 0.05) is 0 Å². The monoisotopic (exact) mass is 249 g/mol. The van der Waals surface area contributed by atoms with E-state index in [1.165, 1.54) is 0 Å². The van der Waals surface area contributed by atoms with Gasteiger partial charge in [0.2, 0.25) is 5.96 Å². The molecule has 98 valence electrons. The van der Waals surface area contributed by atoms with Gasteiger partial charge in [-0.3, -0.25) is 0 Å². The average molecular weight is 249 g/mol. The van der Waals surface area contributed by atoms with Gasteiger partial charge in [-0.2, -0.15) is 4.99 Å². The zero-order valence-corrected chi connectivity index (χ0v) is 10.6. The number of aliphatic imine (C=N–C) groups is 2. The Morgan fingerprint density at radius 2 is 1.89 bits per heavy atom. The summed E-state index contributed by atoms with van der Waals surface area (Å²) in [5.41, 5.74) is 16.6. The summed E-state index contributed by atoms with van der Waals surface area (Å²) in [6, 6.07) is 7.31. The molecule has 0 saturated heterocycles.